The smallest absolute Gasteiger partial charge is 0.179 e. The van der Waals surface area contributed by atoms with Gasteiger partial charge >= 0.3 is 0 Å². The molecule has 0 aromatic heterocycles. The van der Waals surface area contributed by atoms with E-state index in [2.05, 4.69) is 0 Å². The van der Waals surface area contributed by atoms with E-state index in [9.17, 15) is 8.42 Å². The third-order valence-corrected chi connectivity index (χ3v) is 4.45. The fourth-order valence-electron chi connectivity index (χ4n) is 1.50. The average Bonchev–Trinajstić information content (AvgIpc) is 2.25. The first-order chi connectivity index (χ1) is 7.53. The van der Waals surface area contributed by atoms with Crippen LogP contribution in [0.25, 0.3) is 0 Å². The zero-order valence-corrected chi connectivity index (χ0v) is 10.5. The van der Waals surface area contributed by atoms with Crippen LogP contribution in [-0.2, 0) is 9.84 Å². The maximum absolute atomic E-state index is 12.0. The highest BCUT2D eigenvalue weighted by molar-refractivity contribution is 7.91. The minimum absolute atomic E-state index is 0.0178. The van der Waals surface area contributed by atoms with Crippen LogP contribution in [0.5, 0.6) is 0 Å². The molecular formula is C11H12ClNO2S. The maximum atomic E-state index is 12.0. The topological polar surface area (TPSA) is 57.9 Å². The first-order valence-corrected chi connectivity index (χ1v) is 7.00. The number of aryl methyl sites for hydroxylation is 1. The second kappa shape index (κ2) is 5.33. The minimum Gasteiger partial charge on any atom is -0.224 e. The fourth-order valence-corrected chi connectivity index (χ4v) is 3.53. The largest absolute Gasteiger partial charge is 0.224 e. The molecule has 1 aromatic carbocycles. The zero-order chi connectivity index (χ0) is 12.2. The standard InChI is InChI=1S/C11H12ClNO2S/c1-9-4-2-5-10(8-13)11(9)16(14,15)7-3-6-12/h2,4-5H,3,6-7H2,1H3. The van der Waals surface area contributed by atoms with E-state index in [1.165, 1.54) is 6.07 Å². The first-order valence-electron chi connectivity index (χ1n) is 4.81. The molecule has 86 valence electrons. The Bertz CT molecular complexity index is 517. The lowest BCUT2D eigenvalue weighted by atomic mass is 10.1. The Hall–Kier alpha value is -1.05. The number of halogens is 1. The summed E-state index contributed by atoms with van der Waals surface area (Å²) in [4.78, 5) is 0.141. The van der Waals surface area contributed by atoms with Crippen molar-refractivity contribution in [2.75, 3.05) is 11.6 Å². The molecule has 16 heavy (non-hydrogen) atoms. The van der Waals surface area contributed by atoms with E-state index in [1.807, 2.05) is 6.07 Å². The van der Waals surface area contributed by atoms with Gasteiger partial charge in [0.15, 0.2) is 9.84 Å². The van der Waals surface area contributed by atoms with Crippen molar-refractivity contribution in [2.24, 2.45) is 0 Å². The van der Waals surface area contributed by atoms with Crippen LogP contribution in [0.4, 0.5) is 0 Å². The van der Waals surface area contributed by atoms with Crippen LogP contribution < -0.4 is 0 Å². The lowest BCUT2D eigenvalue weighted by Crippen LogP contribution is -2.11. The van der Waals surface area contributed by atoms with Crippen molar-refractivity contribution in [1.29, 1.82) is 5.26 Å². The van der Waals surface area contributed by atoms with Crippen molar-refractivity contribution >= 4 is 21.4 Å². The Morgan fingerprint density at radius 2 is 2.12 bits per heavy atom. The second-order valence-electron chi connectivity index (χ2n) is 3.42. The number of nitrogens with zero attached hydrogens (tertiary/aromatic N) is 1. The Kier molecular flexibility index (Phi) is 4.34. The van der Waals surface area contributed by atoms with Crippen LogP contribution in [0.3, 0.4) is 0 Å². The predicted molar refractivity (Wildman–Crippen MR) is 63.3 cm³/mol. The number of alkyl halides is 1. The van der Waals surface area contributed by atoms with Gasteiger partial charge in [0.2, 0.25) is 0 Å². The third-order valence-electron chi connectivity index (χ3n) is 2.19. The molecule has 0 aliphatic carbocycles. The minimum atomic E-state index is -3.40. The Balaban J connectivity index is 3.28. The van der Waals surface area contributed by atoms with Gasteiger partial charge in [-0.3, -0.25) is 0 Å². The molecule has 0 radical (unpaired) electrons. The predicted octanol–water partition coefficient (Wildman–Crippen LogP) is 2.27. The van der Waals surface area contributed by atoms with E-state index in [4.69, 9.17) is 16.9 Å². The van der Waals surface area contributed by atoms with Gasteiger partial charge < -0.3 is 0 Å². The molecule has 0 spiro atoms. The number of rotatable bonds is 4. The van der Waals surface area contributed by atoms with Crippen LogP contribution in [-0.4, -0.2) is 20.1 Å². The van der Waals surface area contributed by atoms with Gasteiger partial charge in [-0.1, -0.05) is 12.1 Å². The van der Waals surface area contributed by atoms with Gasteiger partial charge in [0.25, 0.3) is 0 Å². The van der Waals surface area contributed by atoms with Crippen molar-refractivity contribution < 1.29 is 8.42 Å². The molecule has 0 fully saturated rings. The van der Waals surface area contributed by atoms with Gasteiger partial charge in [-0.25, -0.2) is 8.42 Å². The summed E-state index contributed by atoms with van der Waals surface area (Å²) in [6.07, 6.45) is 0.392. The Morgan fingerprint density at radius 3 is 2.69 bits per heavy atom. The molecule has 0 saturated heterocycles. The SMILES string of the molecule is Cc1cccc(C#N)c1S(=O)(=O)CCCCl. The van der Waals surface area contributed by atoms with Crippen molar-refractivity contribution in [2.45, 2.75) is 18.2 Å². The van der Waals surface area contributed by atoms with E-state index in [1.54, 1.807) is 19.1 Å². The van der Waals surface area contributed by atoms with Crippen molar-refractivity contribution in [3.8, 4) is 6.07 Å². The van der Waals surface area contributed by atoms with E-state index >= 15 is 0 Å². The highest BCUT2D eigenvalue weighted by Crippen LogP contribution is 2.21. The molecule has 0 bridgehead atoms. The van der Waals surface area contributed by atoms with Gasteiger partial charge in [-0.15, -0.1) is 11.6 Å². The molecule has 0 amide bonds. The maximum Gasteiger partial charge on any atom is 0.179 e. The van der Waals surface area contributed by atoms with E-state index in [-0.39, 0.29) is 16.2 Å². The summed E-state index contributed by atoms with van der Waals surface area (Å²) in [6.45, 7) is 1.69. The number of hydrogen-bond acceptors (Lipinski definition) is 3. The van der Waals surface area contributed by atoms with Crippen molar-refractivity contribution in [3.63, 3.8) is 0 Å². The highest BCUT2D eigenvalue weighted by Gasteiger charge is 2.20. The molecule has 1 aromatic rings. The molecule has 0 aliphatic rings. The molecule has 0 atom stereocenters. The number of nitriles is 1. The van der Waals surface area contributed by atoms with E-state index < -0.39 is 9.84 Å². The van der Waals surface area contributed by atoms with Crippen LogP contribution in [0.15, 0.2) is 23.1 Å². The first kappa shape index (κ1) is 13.0. The number of benzene rings is 1. The summed E-state index contributed by atoms with van der Waals surface area (Å²) < 4.78 is 24.0. The van der Waals surface area contributed by atoms with Crippen LogP contribution in [0.1, 0.15) is 17.5 Å². The van der Waals surface area contributed by atoms with Crippen molar-refractivity contribution in [1.82, 2.24) is 0 Å². The Morgan fingerprint density at radius 1 is 1.44 bits per heavy atom. The van der Waals surface area contributed by atoms with E-state index in [0.29, 0.717) is 17.9 Å². The average molecular weight is 258 g/mol. The van der Waals surface area contributed by atoms with E-state index in [0.717, 1.165) is 0 Å². The van der Waals surface area contributed by atoms with Gasteiger partial charge in [0.1, 0.15) is 6.07 Å². The zero-order valence-electron chi connectivity index (χ0n) is 8.90. The molecule has 0 heterocycles. The highest BCUT2D eigenvalue weighted by atomic mass is 35.5. The summed E-state index contributed by atoms with van der Waals surface area (Å²) in [6, 6.07) is 6.79. The summed E-state index contributed by atoms with van der Waals surface area (Å²) in [7, 11) is -3.40. The molecule has 3 nitrogen and oxygen atoms in total. The molecule has 5 heteroatoms. The van der Waals surface area contributed by atoms with Crippen LogP contribution in [0.2, 0.25) is 0 Å². The lowest BCUT2D eigenvalue weighted by Gasteiger charge is -2.08. The van der Waals surface area contributed by atoms with Gasteiger partial charge in [0.05, 0.1) is 16.2 Å². The molecule has 1 rings (SSSR count). The fraction of sp³-hybridized carbons (Fsp3) is 0.364. The van der Waals surface area contributed by atoms with Crippen molar-refractivity contribution in [3.05, 3.63) is 29.3 Å². The quantitative estimate of drug-likeness (QED) is 0.778. The number of hydrogen-bond donors (Lipinski definition) is 0. The third kappa shape index (κ3) is 2.75. The summed E-state index contributed by atoms with van der Waals surface area (Å²) in [5.74, 6) is 0.281. The Labute approximate surface area is 101 Å². The molecule has 0 saturated carbocycles. The molecule has 0 unspecified atom stereocenters. The molecule has 0 N–H and O–H groups in total. The summed E-state index contributed by atoms with van der Waals surface area (Å²) in [5.41, 5.74) is 0.809. The van der Waals surface area contributed by atoms with Crippen LogP contribution in [0, 0.1) is 18.3 Å². The number of sulfone groups is 1. The summed E-state index contributed by atoms with van der Waals surface area (Å²) >= 11 is 5.48. The lowest BCUT2D eigenvalue weighted by molar-refractivity contribution is 0.594. The molecular weight excluding hydrogens is 246 g/mol. The normalized spacial score (nSPS) is 11.1. The molecule has 0 aliphatic heterocycles. The van der Waals surface area contributed by atoms with Gasteiger partial charge in [-0.2, -0.15) is 5.26 Å². The summed E-state index contributed by atoms with van der Waals surface area (Å²) in [5, 5.41) is 8.89. The monoisotopic (exact) mass is 257 g/mol. The van der Waals surface area contributed by atoms with Gasteiger partial charge in [0, 0.05) is 5.88 Å². The van der Waals surface area contributed by atoms with Gasteiger partial charge in [-0.05, 0) is 25.0 Å². The van der Waals surface area contributed by atoms with Crippen LogP contribution >= 0.6 is 11.6 Å². The second-order valence-corrected chi connectivity index (χ2v) is 5.85.